The first-order valence-corrected chi connectivity index (χ1v) is 11.8. The van der Waals surface area contributed by atoms with Crippen LogP contribution in [0.4, 0.5) is 0 Å². The highest BCUT2D eigenvalue weighted by Crippen LogP contribution is 2.20. The number of hydrogen-bond donors (Lipinski definition) is 1. The van der Waals surface area contributed by atoms with E-state index in [9.17, 15) is 8.42 Å². The zero-order chi connectivity index (χ0) is 19.1. The Labute approximate surface area is 180 Å². The van der Waals surface area contributed by atoms with Gasteiger partial charge in [-0.05, 0) is 50.0 Å². The predicted octanol–water partition coefficient (Wildman–Crippen LogP) is 2.37. The topological polar surface area (TPSA) is 61.9 Å². The number of ether oxygens (including phenoxy) is 1. The van der Waals surface area contributed by atoms with E-state index in [0.29, 0.717) is 11.6 Å². The number of rotatable bonds is 8. The van der Waals surface area contributed by atoms with Gasteiger partial charge in [0.2, 0.25) is 10.0 Å². The van der Waals surface area contributed by atoms with Gasteiger partial charge in [0.05, 0.1) is 19.0 Å². The lowest BCUT2D eigenvalue weighted by atomic mass is 10.1. The van der Waals surface area contributed by atoms with Crippen molar-refractivity contribution in [2.75, 3.05) is 52.5 Å². The maximum absolute atomic E-state index is 13.2. The summed E-state index contributed by atoms with van der Waals surface area (Å²) in [5, 5.41) is 3.97. The lowest BCUT2D eigenvalue weighted by molar-refractivity contribution is 0.0365. The van der Waals surface area contributed by atoms with E-state index in [-0.39, 0.29) is 24.2 Å². The molecule has 0 saturated carbocycles. The van der Waals surface area contributed by atoms with E-state index in [2.05, 4.69) is 10.2 Å². The molecule has 0 amide bonds. The first-order valence-electron chi connectivity index (χ1n) is 9.79. The molecule has 1 atom stereocenters. The smallest absolute Gasteiger partial charge is 0.218 e. The highest BCUT2D eigenvalue weighted by Gasteiger charge is 2.31. The van der Waals surface area contributed by atoms with Crippen LogP contribution in [0.25, 0.3) is 0 Å². The number of nitrogens with one attached hydrogen (secondary N) is 1. The molecule has 3 rings (SSSR count). The SMILES string of the molecule is Cl.O=S(=O)(Cc1ccc(Cl)cc1)N(CCCN1CCOCC1)C1CCCNC1. The van der Waals surface area contributed by atoms with Gasteiger partial charge in [0, 0.05) is 37.2 Å². The molecule has 28 heavy (non-hydrogen) atoms. The molecule has 1 N–H and O–H groups in total. The van der Waals surface area contributed by atoms with Gasteiger partial charge in [-0.2, -0.15) is 4.31 Å². The van der Waals surface area contributed by atoms with Gasteiger partial charge in [0.15, 0.2) is 0 Å². The fraction of sp³-hybridized carbons (Fsp3) is 0.684. The summed E-state index contributed by atoms with van der Waals surface area (Å²) in [4.78, 5) is 2.35. The summed E-state index contributed by atoms with van der Waals surface area (Å²) in [7, 11) is -3.38. The third kappa shape index (κ3) is 7.13. The quantitative estimate of drug-likeness (QED) is 0.656. The summed E-state index contributed by atoms with van der Waals surface area (Å²) in [6, 6.07) is 7.13. The molecule has 2 saturated heterocycles. The third-order valence-corrected chi connectivity index (χ3v) is 7.40. The van der Waals surface area contributed by atoms with Gasteiger partial charge in [-0.3, -0.25) is 4.90 Å². The number of hydrogen-bond acceptors (Lipinski definition) is 5. The Bertz CT molecular complexity index is 676. The summed E-state index contributed by atoms with van der Waals surface area (Å²) in [6.07, 6.45) is 2.78. The second-order valence-corrected chi connectivity index (χ2v) is 9.66. The Kier molecular flexibility index (Phi) is 9.97. The molecule has 1 unspecified atom stereocenters. The van der Waals surface area contributed by atoms with Crippen LogP contribution >= 0.6 is 24.0 Å². The maximum Gasteiger partial charge on any atom is 0.218 e. The van der Waals surface area contributed by atoms with E-state index >= 15 is 0 Å². The van der Waals surface area contributed by atoms with E-state index in [1.807, 2.05) is 0 Å². The summed E-state index contributed by atoms with van der Waals surface area (Å²) in [6.45, 7) is 6.59. The van der Waals surface area contributed by atoms with Crippen LogP contribution in [0.5, 0.6) is 0 Å². The van der Waals surface area contributed by atoms with Gasteiger partial charge in [-0.1, -0.05) is 23.7 Å². The molecule has 2 fully saturated rings. The fourth-order valence-electron chi connectivity index (χ4n) is 3.78. The summed E-state index contributed by atoms with van der Waals surface area (Å²) in [5.74, 6) is 0.0260. The molecule has 0 spiro atoms. The third-order valence-electron chi connectivity index (χ3n) is 5.25. The Morgan fingerprint density at radius 1 is 1.21 bits per heavy atom. The van der Waals surface area contributed by atoms with Gasteiger partial charge in [0.1, 0.15) is 0 Å². The van der Waals surface area contributed by atoms with Crippen molar-refractivity contribution in [2.45, 2.75) is 31.1 Å². The van der Waals surface area contributed by atoms with Crippen molar-refractivity contribution in [1.29, 1.82) is 0 Å². The predicted molar refractivity (Wildman–Crippen MR) is 116 cm³/mol. The number of benzene rings is 1. The molecule has 160 valence electrons. The van der Waals surface area contributed by atoms with Gasteiger partial charge in [-0.15, -0.1) is 12.4 Å². The van der Waals surface area contributed by atoms with E-state index in [1.165, 1.54) is 0 Å². The standard InChI is InChI=1S/C19H30ClN3O3S.ClH/c20-18-6-4-17(5-7-18)16-27(24,25)23(19-3-1-8-21-15-19)10-2-9-22-11-13-26-14-12-22;/h4-7,19,21H,1-3,8-16H2;1H. The summed E-state index contributed by atoms with van der Waals surface area (Å²) < 4.78 is 33.5. The van der Waals surface area contributed by atoms with Crippen LogP contribution in [0.3, 0.4) is 0 Å². The van der Waals surface area contributed by atoms with Crippen molar-refractivity contribution in [3.8, 4) is 0 Å². The van der Waals surface area contributed by atoms with Crippen molar-refractivity contribution in [3.63, 3.8) is 0 Å². The molecule has 2 heterocycles. The maximum atomic E-state index is 13.2. The van der Waals surface area contributed by atoms with E-state index in [1.54, 1.807) is 28.6 Å². The molecular formula is C19H31Cl2N3O3S. The van der Waals surface area contributed by atoms with E-state index < -0.39 is 10.0 Å². The minimum atomic E-state index is -3.38. The molecule has 0 radical (unpaired) electrons. The van der Waals surface area contributed by atoms with Gasteiger partial charge in [0.25, 0.3) is 0 Å². The first-order chi connectivity index (χ1) is 13.0. The molecular weight excluding hydrogens is 421 g/mol. The normalized spacial score (nSPS) is 21.4. The Balaban J connectivity index is 0.00000280. The molecule has 6 nitrogen and oxygen atoms in total. The van der Waals surface area contributed by atoms with Crippen LogP contribution in [0.15, 0.2) is 24.3 Å². The molecule has 2 aliphatic heterocycles. The van der Waals surface area contributed by atoms with E-state index in [4.69, 9.17) is 16.3 Å². The van der Waals surface area contributed by atoms with Crippen molar-refractivity contribution >= 4 is 34.0 Å². The minimum absolute atomic E-state index is 0. The lowest BCUT2D eigenvalue weighted by Crippen LogP contribution is -2.50. The van der Waals surface area contributed by atoms with Gasteiger partial charge in [-0.25, -0.2) is 8.42 Å². The number of piperidine rings is 1. The van der Waals surface area contributed by atoms with Crippen LogP contribution in [0.2, 0.25) is 5.02 Å². The Hall–Kier alpha value is -0.410. The van der Waals surface area contributed by atoms with Crippen molar-refractivity contribution in [3.05, 3.63) is 34.9 Å². The van der Waals surface area contributed by atoms with Crippen LogP contribution < -0.4 is 5.32 Å². The highest BCUT2D eigenvalue weighted by atomic mass is 35.5. The molecule has 0 aromatic heterocycles. The average Bonchev–Trinajstić information content (AvgIpc) is 2.68. The van der Waals surface area contributed by atoms with E-state index in [0.717, 1.165) is 70.8 Å². The molecule has 0 bridgehead atoms. The largest absolute Gasteiger partial charge is 0.379 e. The summed E-state index contributed by atoms with van der Waals surface area (Å²) >= 11 is 5.93. The molecule has 2 aliphatic rings. The summed E-state index contributed by atoms with van der Waals surface area (Å²) in [5.41, 5.74) is 0.779. The Morgan fingerprint density at radius 3 is 2.57 bits per heavy atom. The van der Waals surface area contributed by atoms with Gasteiger partial charge >= 0.3 is 0 Å². The second-order valence-electron chi connectivity index (χ2n) is 7.30. The Morgan fingerprint density at radius 2 is 1.93 bits per heavy atom. The number of nitrogens with zero attached hydrogens (tertiary/aromatic N) is 2. The second kappa shape index (κ2) is 11.7. The van der Waals surface area contributed by atoms with Crippen LogP contribution in [-0.2, 0) is 20.5 Å². The first kappa shape index (κ1) is 23.9. The average molecular weight is 452 g/mol. The van der Waals surface area contributed by atoms with Crippen LogP contribution in [-0.4, -0.2) is 76.1 Å². The molecule has 9 heteroatoms. The monoisotopic (exact) mass is 451 g/mol. The van der Waals surface area contributed by atoms with Crippen LogP contribution in [0, 0.1) is 0 Å². The molecule has 1 aromatic rings. The number of halogens is 2. The van der Waals surface area contributed by atoms with Crippen molar-refractivity contribution in [1.82, 2.24) is 14.5 Å². The fourth-order valence-corrected chi connectivity index (χ4v) is 5.72. The zero-order valence-electron chi connectivity index (χ0n) is 16.2. The van der Waals surface area contributed by atoms with Crippen LogP contribution in [0.1, 0.15) is 24.8 Å². The number of sulfonamides is 1. The zero-order valence-corrected chi connectivity index (χ0v) is 18.6. The minimum Gasteiger partial charge on any atom is -0.379 e. The molecule has 0 aliphatic carbocycles. The highest BCUT2D eigenvalue weighted by molar-refractivity contribution is 7.88. The van der Waals surface area contributed by atoms with Gasteiger partial charge < -0.3 is 10.1 Å². The molecule has 1 aromatic carbocycles. The van der Waals surface area contributed by atoms with Crippen molar-refractivity contribution < 1.29 is 13.2 Å². The number of morpholine rings is 1. The lowest BCUT2D eigenvalue weighted by Gasteiger charge is -2.34. The van der Waals surface area contributed by atoms with Crippen molar-refractivity contribution in [2.24, 2.45) is 0 Å².